The van der Waals surface area contributed by atoms with E-state index in [-0.39, 0.29) is 6.42 Å². The van der Waals surface area contributed by atoms with Crippen molar-refractivity contribution in [3.63, 3.8) is 0 Å². The van der Waals surface area contributed by atoms with E-state index in [4.69, 9.17) is 5.11 Å². The van der Waals surface area contributed by atoms with E-state index in [0.29, 0.717) is 6.42 Å². The summed E-state index contributed by atoms with van der Waals surface area (Å²) in [5.74, 6) is -0.730. The Bertz CT molecular complexity index is 857. The number of rotatable bonds is 9. The number of benzene rings is 3. The van der Waals surface area contributed by atoms with Gasteiger partial charge in [0.05, 0.1) is 0 Å². The van der Waals surface area contributed by atoms with Crippen LogP contribution in [0.25, 0.3) is 11.1 Å². The molecule has 138 valence electrons. The third-order valence-corrected chi connectivity index (χ3v) is 4.57. The van der Waals surface area contributed by atoms with Crippen LogP contribution in [0.5, 0.6) is 0 Å². The number of carbonyl (C=O) groups is 1. The maximum Gasteiger partial charge on any atom is 0.303 e. The molecule has 3 heteroatoms. The van der Waals surface area contributed by atoms with Crippen LogP contribution in [0.1, 0.15) is 29.5 Å². The molecule has 0 aliphatic rings. The highest BCUT2D eigenvalue weighted by Crippen LogP contribution is 2.19. The Kier molecular flexibility index (Phi) is 6.78. The van der Waals surface area contributed by atoms with Crippen LogP contribution in [-0.2, 0) is 24.3 Å². The molecule has 0 saturated heterocycles. The summed E-state index contributed by atoms with van der Waals surface area (Å²) in [6.07, 6.45) is 1.71. The maximum absolute atomic E-state index is 10.6. The lowest BCUT2D eigenvalue weighted by Gasteiger charge is -2.08. The van der Waals surface area contributed by atoms with Crippen LogP contribution in [0, 0.1) is 0 Å². The standard InChI is InChI=1S/C24H25NO2/c26-24(27)11-5-7-19-6-4-8-21(16-19)18-25-17-20-12-14-23(15-13-20)22-9-2-1-3-10-22/h1-4,6,8-10,12-16,25H,5,7,11,17-18H2,(H,26,27). The fourth-order valence-electron chi connectivity index (χ4n) is 3.14. The van der Waals surface area contributed by atoms with Crippen molar-refractivity contribution in [2.75, 3.05) is 0 Å². The van der Waals surface area contributed by atoms with Gasteiger partial charge in [-0.05, 0) is 40.7 Å². The molecule has 0 aliphatic heterocycles. The monoisotopic (exact) mass is 359 g/mol. The molecule has 0 saturated carbocycles. The van der Waals surface area contributed by atoms with E-state index in [2.05, 4.69) is 72.0 Å². The molecule has 3 aromatic carbocycles. The summed E-state index contributed by atoms with van der Waals surface area (Å²) in [6, 6.07) is 27.4. The molecule has 0 bridgehead atoms. The van der Waals surface area contributed by atoms with Gasteiger partial charge in [-0.15, -0.1) is 0 Å². The zero-order valence-electron chi connectivity index (χ0n) is 15.4. The molecule has 0 amide bonds. The molecule has 0 atom stereocenters. The first kappa shape index (κ1) is 18.9. The van der Waals surface area contributed by atoms with Crippen molar-refractivity contribution in [2.45, 2.75) is 32.4 Å². The van der Waals surface area contributed by atoms with Crippen molar-refractivity contribution in [3.8, 4) is 11.1 Å². The smallest absolute Gasteiger partial charge is 0.303 e. The van der Waals surface area contributed by atoms with E-state index in [9.17, 15) is 4.79 Å². The fourth-order valence-corrected chi connectivity index (χ4v) is 3.14. The minimum Gasteiger partial charge on any atom is -0.481 e. The minimum absolute atomic E-state index is 0.224. The van der Waals surface area contributed by atoms with Gasteiger partial charge in [0.25, 0.3) is 0 Å². The summed E-state index contributed by atoms with van der Waals surface area (Å²) in [5, 5.41) is 12.2. The average molecular weight is 359 g/mol. The van der Waals surface area contributed by atoms with Crippen LogP contribution in [0.2, 0.25) is 0 Å². The SMILES string of the molecule is O=C(O)CCCc1cccc(CNCc2ccc(-c3ccccc3)cc2)c1. The molecule has 0 fully saturated rings. The third-order valence-electron chi connectivity index (χ3n) is 4.57. The van der Waals surface area contributed by atoms with Crippen molar-refractivity contribution in [1.29, 1.82) is 0 Å². The van der Waals surface area contributed by atoms with Gasteiger partial charge in [0.15, 0.2) is 0 Å². The average Bonchev–Trinajstić information content (AvgIpc) is 2.69. The lowest BCUT2D eigenvalue weighted by molar-refractivity contribution is -0.137. The van der Waals surface area contributed by atoms with E-state index >= 15 is 0 Å². The predicted octanol–water partition coefficient (Wildman–Crippen LogP) is 5.05. The molecule has 0 aromatic heterocycles. The summed E-state index contributed by atoms with van der Waals surface area (Å²) in [7, 11) is 0. The molecule has 0 heterocycles. The summed E-state index contributed by atoms with van der Waals surface area (Å²) < 4.78 is 0. The largest absolute Gasteiger partial charge is 0.481 e. The lowest BCUT2D eigenvalue weighted by Crippen LogP contribution is -2.12. The first-order valence-corrected chi connectivity index (χ1v) is 9.35. The molecule has 3 aromatic rings. The second kappa shape index (κ2) is 9.70. The predicted molar refractivity (Wildman–Crippen MR) is 109 cm³/mol. The first-order valence-electron chi connectivity index (χ1n) is 9.35. The highest BCUT2D eigenvalue weighted by Gasteiger charge is 2.01. The number of aryl methyl sites for hydroxylation is 1. The second-order valence-electron chi connectivity index (χ2n) is 6.73. The lowest BCUT2D eigenvalue weighted by atomic mass is 10.0. The fraction of sp³-hybridized carbons (Fsp3) is 0.208. The van der Waals surface area contributed by atoms with Gasteiger partial charge in [-0.25, -0.2) is 0 Å². The Balaban J connectivity index is 1.49. The van der Waals surface area contributed by atoms with E-state index in [1.54, 1.807) is 0 Å². The molecule has 0 aliphatic carbocycles. The summed E-state index contributed by atoms with van der Waals surface area (Å²) in [6.45, 7) is 1.62. The number of hydrogen-bond acceptors (Lipinski definition) is 2. The zero-order valence-corrected chi connectivity index (χ0v) is 15.4. The maximum atomic E-state index is 10.6. The van der Waals surface area contributed by atoms with E-state index in [0.717, 1.165) is 19.5 Å². The second-order valence-corrected chi connectivity index (χ2v) is 6.73. The Morgan fingerprint density at radius 1 is 0.741 bits per heavy atom. The van der Waals surface area contributed by atoms with Gasteiger partial charge in [0.2, 0.25) is 0 Å². The quantitative estimate of drug-likeness (QED) is 0.562. The molecular weight excluding hydrogens is 334 g/mol. The van der Waals surface area contributed by atoms with Crippen molar-refractivity contribution >= 4 is 5.97 Å². The van der Waals surface area contributed by atoms with E-state index in [1.807, 2.05) is 12.1 Å². The van der Waals surface area contributed by atoms with Crippen LogP contribution in [0.4, 0.5) is 0 Å². The molecule has 0 spiro atoms. The first-order chi connectivity index (χ1) is 13.2. The number of aliphatic carboxylic acids is 1. The molecule has 27 heavy (non-hydrogen) atoms. The summed E-state index contributed by atoms with van der Waals surface area (Å²) in [5.41, 5.74) is 6.14. The molecule has 0 radical (unpaired) electrons. The Hall–Kier alpha value is -2.91. The van der Waals surface area contributed by atoms with Crippen LogP contribution in [-0.4, -0.2) is 11.1 Å². The highest BCUT2D eigenvalue weighted by atomic mass is 16.4. The van der Waals surface area contributed by atoms with Gasteiger partial charge >= 0.3 is 5.97 Å². The van der Waals surface area contributed by atoms with Crippen LogP contribution in [0.15, 0.2) is 78.9 Å². The number of hydrogen-bond donors (Lipinski definition) is 2. The van der Waals surface area contributed by atoms with Crippen LogP contribution in [0.3, 0.4) is 0 Å². The summed E-state index contributed by atoms with van der Waals surface area (Å²) in [4.78, 5) is 10.6. The van der Waals surface area contributed by atoms with Crippen LogP contribution < -0.4 is 5.32 Å². The van der Waals surface area contributed by atoms with E-state index in [1.165, 1.54) is 27.8 Å². The number of carboxylic acids is 1. The normalized spacial score (nSPS) is 10.7. The van der Waals surface area contributed by atoms with Gasteiger partial charge in [-0.3, -0.25) is 4.79 Å². The minimum atomic E-state index is -0.730. The Morgan fingerprint density at radius 3 is 2.15 bits per heavy atom. The third kappa shape index (κ3) is 6.08. The van der Waals surface area contributed by atoms with Crippen molar-refractivity contribution in [2.24, 2.45) is 0 Å². The number of nitrogens with one attached hydrogen (secondary N) is 1. The van der Waals surface area contributed by atoms with Crippen LogP contribution >= 0.6 is 0 Å². The molecule has 0 unspecified atom stereocenters. The van der Waals surface area contributed by atoms with Gasteiger partial charge in [-0.1, -0.05) is 78.9 Å². The van der Waals surface area contributed by atoms with Crippen molar-refractivity contribution < 1.29 is 9.90 Å². The highest BCUT2D eigenvalue weighted by molar-refractivity contribution is 5.66. The van der Waals surface area contributed by atoms with Crippen molar-refractivity contribution in [1.82, 2.24) is 5.32 Å². The van der Waals surface area contributed by atoms with Gasteiger partial charge in [0, 0.05) is 19.5 Å². The zero-order chi connectivity index (χ0) is 18.9. The topological polar surface area (TPSA) is 49.3 Å². The Morgan fingerprint density at radius 2 is 1.41 bits per heavy atom. The van der Waals surface area contributed by atoms with Gasteiger partial charge in [0.1, 0.15) is 0 Å². The molecular formula is C24H25NO2. The van der Waals surface area contributed by atoms with Gasteiger partial charge < -0.3 is 10.4 Å². The number of carboxylic acid groups (broad SMARTS) is 1. The molecule has 2 N–H and O–H groups in total. The van der Waals surface area contributed by atoms with E-state index < -0.39 is 5.97 Å². The Labute approximate surface area is 160 Å². The molecule has 3 rings (SSSR count). The van der Waals surface area contributed by atoms with Crippen molar-refractivity contribution in [3.05, 3.63) is 95.6 Å². The molecule has 3 nitrogen and oxygen atoms in total. The summed E-state index contributed by atoms with van der Waals surface area (Å²) >= 11 is 0. The van der Waals surface area contributed by atoms with Gasteiger partial charge in [-0.2, -0.15) is 0 Å².